The molecule has 0 saturated heterocycles. The lowest BCUT2D eigenvalue weighted by molar-refractivity contribution is -0.132. The molecule has 0 atom stereocenters. The van der Waals surface area contributed by atoms with E-state index in [-0.39, 0.29) is 5.75 Å². The first kappa shape index (κ1) is 14.5. The monoisotopic (exact) mass is 307 g/mol. The minimum absolute atomic E-state index is 0.0780. The largest absolute Gasteiger partial charge is 0.508 e. The second-order valence-electron chi connectivity index (χ2n) is 4.84. The van der Waals surface area contributed by atoms with Crippen molar-refractivity contribution in [2.75, 3.05) is 10.6 Å². The van der Waals surface area contributed by atoms with Gasteiger partial charge in [-0.2, -0.15) is 0 Å². The SMILES string of the molecule is O=C(Nc1ccc(O)cc1)C(=O)Nc1cccc2cccnc12. The highest BCUT2D eigenvalue weighted by atomic mass is 16.3. The Morgan fingerprint density at radius 3 is 2.35 bits per heavy atom. The van der Waals surface area contributed by atoms with E-state index in [1.54, 1.807) is 24.4 Å². The number of nitrogens with one attached hydrogen (secondary N) is 2. The van der Waals surface area contributed by atoms with Crippen molar-refractivity contribution in [1.29, 1.82) is 0 Å². The molecule has 1 aromatic heterocycles. The van der Waals surface area contributed by atoms with Crippen LogP contribution in [0.25, 0.3) is 10.9 Å². The molecule has 114 valence electrons. The fourth-order valence-electron chi connectivity index (χ4n) is 2.12. The molecule has 0 spiro atoms. The first-order chi connectivity index (χ1) is 11.1. The number of rotatable bonds is 2. The third kappa shape index (κ3) is 3.26. The molecule has 0 saturated carbocycles. The second kappa shape index (κ2) is 6.15. The molecule has 0 bridgehead atoms. The molecule has 3 rings (SSSR count). The molecule has 1 heterocycles. The fourth-order valence-corrected chi connectivity index (χ4v) is 2.12. The summed E-state index contributed by atoms with van der Waals surface area (Å²) in [4.78, 5) is 28.2. The minimum atomic E-state index is -0.802. The lowest BCUT2D eigenvalue weighted by Crippen LogP contribution is -2.29. The number of anilines is 2. The fraction of sp³-hybridized carbons (Fsp3) is 0. The highest BCUT2D eigenvalue weighted by molar-refractivity contribution is 6.44. The number of phenolic OH excluding ortho intramolecular Hbond substituents is 1. The number of aromatic nitrogens is 1. The predicted molar refractivity (Wildman–Crippen MR) is 87.1 cm³/mol. The van der Waals surface area contributed by atoms with Crippen LogP contribution in [0.5, 0.6) is 5.75 Å². The number of hydrogen-bond donors (Lipinski definition) is 3. The lowest BCUT2D eigenvalue weighted by Gasteiger charge is -2.08. The van der Waals surface area contributed by atoms with Crippen LogP contribution in [-0.4, -0.2) is 21.9 Å². The molecule has 6 nitrogen and oxygen atoms in total. The third-order valence-corrected chi connectivity index (χ3v) is 3.21. The first-order valence-electron chi connectivity index (χ1n) is 6.88. The molecule has 2 aromatic carbocycles. The van der Waals surface area contributed by atoms with Gasteiger partial charge in [0.15, 0.2) is 0 Å². The van der Waals surface area contributed by atoms with Crippen molar-refractivity contribution in [3.05, 3.63) is 60.8 Å². The summed E-state index contributed by atoms with van der Waals surface area (Å²) in [5.41, 5.74) is 1.49. The molecule has 0 unspecified atom stereocenters. The standard InChI is InChI=1S/C17H13N3O3/c21-13-8-6-12(7-9-13)19-16(22)17(23)20-14-5-1-3-11-4-2-10-18-15(11)14/h1-10,21H,(H,19,22)(H,20,23). The molecule has 23 heavy (non-hydrogen) atoms. The van der Waals surface area contributed by atoms with Crippen LogP contribution in [0.15, 0.2) is 60.8 Å². The molecule has 0 aliphatic carbocycles. The highest BCUT2D eigenvalue weighted by Crippen LogP contribution is 2.20. The number of fused-ring (bicyclic) bond motifs is 1. The van der Waals surface area contributed by atoms with Crippen LogP contribution in [0.4, 0.5) is 11.4 Å². The number of para-hydroxylation sites is 1. The highest BCUT2D eigenvalue weighted by Gasteiger charge is 2.15. The summed E-state index contributed by atoms with van der Waals surface area (Å²) in [6.45, 7) is 0. The van der Waals surface area contributed by atoms with Gasteiger partial charge in [-0.05, 0) is 36.4 Å². The Kier molecular flexibility index (Phi) is 3.88. The molecule has 0 aliphatic rings. The maximum atomic E-state index is 12.0. The molecular formula is C17H13N3O3. The Balaban J connectivity index is 1.75. The Morgan fingerprint density at radius 2 is 1.57 bits per heavy atom. The zero-order valence-electron chi connectivity index (χ0n) is 12.0. The van der Waals surface area contributed by atoms with Crippen molar-refractivity contribution < 1.29 is 14.7 Å². The van der Waals surface area contributed by atoms with Crippen LogP contribution in [0.2, 0.25) is 0 Å². The molecule has 3 N–H and O–H groups in total. The number of carbonyl (C=O) groups excluding carboxylic acids is 2. The van der Waals surface area contributed by atoms with Crippen molar-refractivity contribution in [3.63, 3.8) is 0 Å². The van der Waals surface area contributed by atoms with Crippen LogP contribution >= 0.6 is 0 Å². The normalized spacial score (nSPS) is 10.3. The van der Waals surface area contributed by atoms with E-state index in [9.17, 15) is 14.7 Å². The van der Waals surface area contributed by atoms with Gasteiger partial charge in [-0.25, -0.2) is 0 Å². The molecular weight excluding hydrogens is 294 g/mol. The number of aromatic hydroxyl groups is 1. The maximum Gasteiger partial charge on any atom is 0.314 e. The summed E-state index contributed by atoms with van der Waals surface area (Å²) in [5, 5.41) is 15.1. The van der Waals surface area contributed by atoms with Gasteiger partial charge >= 0.3 is 11.8 Å². The van der Waals surface area contributed by atoms with E-state index in [1.165, 1.54) is 24.3 Å². The van der Waals surface area contributed by atoms with Gasteiger partial charge in [-0.15, -0.1) is 0 Å². The molecule has 0 fully saturated rings. The predicted octanol–water partition coefficient (Wildman–Crippen LogP) is 2.52. The van der Waals surface area contributed by atoms with Crippen LogP contribution in [-0.2, 0) is 9.59 Å². The summed E-state index contributed by atoms with van der Waals surface area (Å²) in [6.07, 6.45) is 1.62. The zero-order chi connectivity index (χ0) is 16.2. The van der Waals surface area contributed by atoms with E-state index in [4.69, 9.17) is 0 Å². The number of carbonyl (C=O) groups is 2. The topological polar surface area (TPSA) is 91.3 Å². The third-order valence-electron chi connectivity index (χ3n) is 3.21. The van der Waals surface area contributed by atoms with Crippen LogP contribution < -0.4 is 10.6 Å². The number of hydrogen-bond acceptors (Lipinski definition) is 4. The van der Waals surface area contributed by atoms with Crippen LogP contribution in [0.1, 0.15) is 0 Å². The van der Waals surface area contributed by atoms with Gasteiger partial charge in [0.25, 0.3) is 0 Å². The van der Waals surface area contributed by atoms with E-state index in [2.05, 4.69) is 15.6 Å². The average molecular weight is 307 g/mol. The van der Waals surface area contributed by atoms with E-state index >= 15 is 0 Å². The summed E-state index contributed by atoms with van der Waals surface area (Å²) < 4.78 is 0. The summed E-state index contributed by atoms with van der Waals surface area (Å²) in [6, 6.07) is 14.8. The average Bonchev–Trinajstić information content (AvgIpc) is 2.57. The Hall–Kier alpha value is -3.41. The zero-order valence-corrected chi connectivity index (χ0v) is 12.0. The molecule has 6 heteroatoms. The summed E-state index contributed by atoms with van der Waals surface area (Å²) in [7, 11) is 0. The Labute approximate surface area is 131 Å². The molecule has 2 amide bonds. The van der Waals surface area contributed by atoms with Crippen molar-refractivity contribution in [2.45, 2.75) is 0 Å². The minimum Gasteiger partial charge on any atom is -0.508 e. The summed E-state index contributed by atoms with van der Waals surface area (Å²) in [5.74, 6) is -1.52. The van der Waals surface area contributed by atoms with Crippen molar-refractivity contribution in [2.24, 2.45) is 0 Å². The van der Waals surface area contributed by atoms with Crippen molar-refractivity contribution in [1.82, 2.24) is 4.98 Å². The van der Waals surface area contributed by atoms with Gasteiger partial charge in [0.1, 0.15) is 5.75 Å². The first-order valence-corrected chi connectivity index (χ1v) is 6.88. The van der Waals surface area contributed by atoms with Gasteiger partial charge in [-0.3, -0.25) is 14.6 Å². The number of phenols is 1. The van der Waals surface area contributed by atoms with E-state index < -0.39 is 11.8 Å². The second-order valence-corrected chi connectivity index (χ2v) is 4.84. The quantitative estimate of drug-likeness (QED) is 0.501. The van der Waals surface area contributed by atoms with Gasteiger partial charge in [-0.1, -0.05) is 18.2 Å². The van der Waals surface area contributed by atoms with Gasteiger partial charge in [0.05, 0.1) is 11.2 Å². The van der Waals surface area contributed by atoms with Crippen molar-refractivity contribution in [3.8, 4) is 5.75 Å². The summed E-state index contributed by atoms with van der Waals surface area (Å²) >= 11 is 0. The lowest BCUT2D eigenvalue weighted by atomic mass is 10.2. The molecule has 0 radical (unpaired) electrons. The number of pyridine rings is 1. The van der Waals surface area contributed by atoms with Crippen LogP contribution in [0, 0.1) is 0 Å². The number of nitrogens with zero attached hydrogens (tertiary/aromatic N) is 1. The van der Waals surface area contributed by atoms with Crippen LogP contribution in [0.3, 0.4) is 0 Å². The van der Waals surface area contributed by atoms with E-state index in [0.717, 1.165) is 5.39 Å². The smallest absolute Gasteiger partial charge is 0.314 e. The molecule has 3 aromatic rings. The van der Waals surface area contributed by atoms with Gasteiger partial charge < -0.3 is 15.7 Å². The number of amides is 2. The van der Waals surface area contributed by atoms with E-state index in [1.807, 2.05) is 12.1 Å². The Morgan fingerprint density at radius 1 is 0.870 bits per heavy atom. The van der Waals surface area contributed by atoms with Gasteiger partial charge in [0, 0.05) is 17.3 Å². The molecule has 0 aliphatic heterocycles. The van der Waals surface area contributed by atoms with Crippen molar-refractivity contribution >= 4 is 34.1 Å². The van der Waals surface area contributed by atoms with E-state index in [0.29, 0.717) is 16.9 Å². The number of benzene rings is 2. The van der Waals surface area contributed by atoms with Gasteiger partial charge in [0.2, 0.25) is 0 Å². The maximum absolute atomic E-state index is 12.0. The Bertz CT molecular complexity index is 870.